The van der Waals surface area contributed by atoms with Gasteiger partial charge in [0, 0.05) is 18.2 Å². The molecule has 74 valence electrons. The van der Waals surface area contributed by atoms with Crippen molar-refractivity contribution in [3.8, 4) is 0 Å². The van der Waals surface area contributed by atoms with Crippen molar-refractivity contribution in [1.29, 1.82) is 0 Å². The van der Waals surface area contributed by atoms with Gasteiger partial charge in [-0.2, -0.15) is 0 Å². The fourth-order valence-corrected chi connectivity index (χ4v) is 1.04. The van der Waals surface area contributed by atoms with Gasteiger partial charge in [0.1, 0.15) is 5.76 Å². The zero-order chi connectivity index (χ0) is 9.90. The quantitative estimate of drug-likeness (QED) is 0.750. The molecule has 0 aliphatic carbocycles. The lowest BCUT2D eigenvalue weighted by Crippen LogP contribution is -2.34. The Morgan fingerprint density at radius 1 is 1.46 bits per heavy atom. The molecule has 13 heavy (non-hydrogen) atoms. The molecule has 3 heteroatoms. The minimum absolute atomic E-state index is 0.116. The third kappa shape index (κ3) is 3.99. The van der Waals surface area contributed by atoms with Gasteiger partial charge < -0.3 is 15.5 Å². The van der Waals surface area contributed by atoms with Crippen molar-refractivity contribution in [2.24, 2.45) is 5.73 Å². The highest BCUT2D eigenvalue weighted by Gasteiger charge is 2.09. The third-order valence-electron chi connectivity index (χ3n) is 1.81. The summed E-state index contributed by atoms with van der Waals surface area (Å²) in [6.45, 7) is 6.80. The normalized spacial score (nSPS) is 11.7. The van der Waals surface area contributed by atoms with E-state index in [9.17, 15) is 0 Å². The fourth-order valence-electron chi connectivity index (χ4n) is 1.04. The van der Waals surface area contributed by atoms with E-state index in [1.54, 1.807) is 0 Å². The molecule has 0 atom stereocenters. The van der Waals surface area contributed by atoms with Crippen LogP contribution < -0.4 is 11.1 Å². The van der Waals surface area contributed by atoms with Gasteiger partial charge in [-0.25, -0.2) is 0 Å². The second kappa shape index (κ2) is 3.83. The fraction of sp³-hybridized carbons (Fsp3) is 0.600. The maximum atomic E-state index is 5.83. The van der Waals surface area contributed by atoms with Gasteiger partial charge >= 0.3 is 0 Å². The van der Waals surface area contributed by atoms with Crippen LogP contribution in [0.25, 0.3) is 0 Å². The third-order valence-corrected chi connectivity index (χ3v) is 1.81. The van der Waals surface area contributed by atoms with Crippen molar-refractivity contribution < 1.29 is 4.42 Å². The minimum Gasteiger partial charge on any atom is -0.446 e. The molecule has 1 rings (SSSR count). The predicted octanol–water partition coefficient (Wildman–Crippen LogP) is 2.13. The van der Waals surface area contributed by atoms with Crippen molar-refractivity contribution >= 4 is 5.88 Å². The average molecular weight is 182 g/mol. The van der Waals surface area contributed by atoms with Gasteiger partial charge in [0.2, 0.25) is 0 Å². The molecule has 0 aromatic carbocycles. The van der Waals surface area contributed by atoms with E-state index in [1.165, 1.54) is 0 Å². The van der Waals surface area contributed by atoms with Crippen LogP contribution in [0.4, 0.5) is 5.88 Å². The molecular weight excluding hydrogens is 164 g/mol. The SMILES string of the molecule is Cc1ccc(NCCC(C)(C)N)o1. The summed E-state index contributed by atoms with van der Waals surface area (Å²) < 4.78 is 5.35. The molecule has 0 saturated carbocycles. The number of hydrogen-bond donors (Lipinski definition) is 2. The highest BCUT2D eigenvalue weighted by Crippen LogP contribution is 2.12. The summed E-state index contributed by atoms with van der Waals surface area (Å²) >= 11 is 0. The standard InChI is InChI=1S/C10H18N2O/c1-8-4-5-9(13-8)12-7-6-10(2,3)11/h4-5,12H,6-7,11H2,1-3H3. The molecule has 0 amide bonds. The van der Waals surface area contributed by atoms with Crippen molar-refractivity contribution in [1.82, 2.24) is 0 Å². The number of hydrogen-bond acceptors (Lipinski definition) is 3. The molecule has 0 radical (unpaired) electrons. The molecule has 0 aliphatic heterocycles. The number of nitrogens with two attached hydrogens (primary N) is 1. The maximum absolute atomic E-state index is 5.83. The van der Waals surface area contributed by atoms with Crippen LogP contribution in [0, 0.1) is 6.92 Å². The zero-order valence-corrected chi connectivity index (χ0v) is 8.55. The predicted molar refractivity (Wildman–Crippen MR) is 54.8 cm³/mol. The summed E-state index contributed by atoms with van der Waals surface area (Å²) in [5.41, 5.74) is 5.72. The summed E-state index contributed by atoms with van der Waals surface area (Å²) in [5, 5.41) is 3.18. The van der Waals surface area contributed by atoms with Crippen LogP contribution in [0.1, 0.15) is 26.0 Å². The summed E-state index contributed by atoms with van der Waals surface area (Å²) in [5.74, 6) is 1.75. The molecule has 0 aliphatic rings. The van der Waals surface area contributed by atoms with E-state index >= 15 is 0 Å². The average Bonchev–Trinajstić information content (AvgIpc) is 2.33. The van der Waals surface area contributed by atoms with Gasteiger partial charge in [0.15, 0.2) is 5.88 Å². The molecule has 3 nitrogen and oxygen atoms in total. The second-order valence-corrected chi connectivity index (χ2v) is 4.08. The van der Waals surface area contributed by atoms with Crippen LogP contribution in [-0.4, -0.2) is 12.1 Å². The van der Waals surface area contributed by atoms with Gasteiger partial charge in [0.05, 0.1) is 0 Å². The Kier molecular flexibility index (Phi) is 2.98. The second-order valence-electron chi connectivity index (χ2n) is 4.08. The molecule has 0 saturated heterocycles. The van der Waals surface area contributed by atoms with Crippen LogP contribution in [0.15, 0.2) is 16.5 Å². The van der Waals surface area contributed by atoms with E-state index < -0.39 is 0 Å². The molecule has 1 aromatic heterocycles. The monoisotopic (exact) mass is 182 g/mol. The maximum Gasteiger partial charge on any atom is 0.193 e. The Morgan fingerprint density at radius 2 is 2.15 bits per heavy atom. The smallest absolute Gasteiger partial charge is 0.193 e. The Hall–Kier alpha value is -0.960. The van der Waals surface area contributed by atoms with Gasteiger partial charge in [-0.3, -0.25) is 0 Å². The van der Waals surface area contributed by atoms with E-state index in [0.717, 1.165) is 24.6 Å². The molecule has 0 bridgehead atoms. The molecule has 3 N–H and O–H groups in total. The Bertz CT molecular complexity index is 260. The molecule has 1 aromatic rings. The number of rotatable bonds is 4. The minimum atomic E-state index is -0.116. The first-order valence-corrected chi connectivity index (χ1v) is 4.56. The van der Waals surface area contributed by atoms with Crippen molar-refractivity contribution in [3.05, 3.63) is 17.9 Å². The molecule has 0 spiro atoms. The molecule has 1 heterocycles. The van der Waals surface area contributed by atoms with Gasteiger partial charge in [-0.05, 0) is 33.3 Å². The van der Waals surface area contributed by atoms with E-state index in [2.05, 4.69) is 5.32 Å². The van der Waals surface area contributed by atoms with Crippen molar-refractivity contribution in [2.45, 2.75) is 32.7 Å². The lowest BCUT2D eigenvalue weighted by Gasteiger charge is -2.17. The first-order chi connectivity index (χ1) is 5.97. The Morgan fingerprint density at radius 3 is 2.62 bits per heavy atom. The van der Waals surface area contributed by atoms with Crippen LogP contribution in [0.2, 0.25) is 0 Å². The summed E-state index contributed by atoms with van der Waals surface area (Å²) in [6, 6.07) is 3.87. The van der Waals surface area contributed by atoms with E-state index in [4.69, 9.17) is 10.2 Å². The summed E-state index contributed by atoms with van der Waals surface area (Å²) in [7, 11) is 0. The highest BCUT2D eigenvalue weighted by molar-refractivity contribution is 5.31. The lowest BCUT2D eigenvalue weighted by atomic mass is 10.0. The van der Waals surface area contributed by atoms with E-state index in [0.29, 0.717) is 0 Å². The van der Waals surface area contributed by atoms with Crippen LogP contribution in [0.5, 0.6) is 0 Å². The van der Waals surface area contributed by atoms with Crippen molar-refractivity contribution in [3.63, 3.8) is 0 Å². The van der Waals surface area contributed by atoms with Crippen molar-refractivity contribution in [2.75, 3.05) is 11.9 Å². The number of furan rings is 1. The van der Waals surface area contributed by atoms with Gasteiger partial charge in [-0.1, -0.05) is 0 Å². The van der Waals surface area contributed by atoms with E-state index in [-0.39, 0.29) is 5.54 Å². The molecule has 0 unspecified atom stereocenters. The van der Waals surface area contributed by atoms with Gasteiger partial charge in [-0.15, -0.1) is 0 Å². The van der Waals surface area contributed by atoms with Crippen LogP contribution in [-0.2, 0) is 0 Å². The Labute approximate surface area is 79.3 Å². The largest absolute Gasteiger partial charge is 0.446 e. The number of aryl methyl sites for hydroxylation is 1. The highest BCUT2D eigenvalue weighted by atomic mass is 16.4. The van der Waals surface area contributed by atoms with Crippen LogP contribution >= 0.6 is 0 Å². The summed E-state index contributed by atoms with van der Waals surface area (Å²) in [4.78, 5) is 0. The Balaban J connectivity index is 2.28. The van der Waals surface area contributed by atoms with E-state index in [1.807, 2.05) is 32.9 Å². The van der Waals surface area contributed by atoms with Crippen LogP contribution in [0.3, 0.4) is 0 Å². The first-order valence-electron chi connectivity index (χ1n) is 4.56. The topological polar surface area (TPSA) is 51.2 Å². The number of anilines is 1. The zero-order valence-electron chi connectivity index (χ0n) is 8.55. The summed E-state index contributed by atoms with van der Waals surface area (Å²) in [6.07, 6.45) is 0.923. The van der Waals surface area contributed by atoms with Gasteiger partial charge in [0.25, 0.3) is 0 Å². The molecular formula is C10H18N2O. The number of nitrogens with one attached hydrogen (secondary N) is 1. The molecule has 0 fully saturated rings. The lowest BCUT2D eigenvalue weighted by molar-refractivity contribution is 0.483. The first kappa shape index (κ1) is 10.1.